The molecular formula is C14H26N2O. The molecule has 2 rings (SSSR count). The van der Waals surface area contributed by atoms with Crippen molar-refractivity contribution >= 4 is 5.91 Å². The van der Waals surface area contributed by atoms with Crippen LogP contribution in [0.3, 0.4) is 0 Å². The van der Waals surface area contributed by atoms with Gasteiger partial charge in [-0.3, -0.25) is 4.79 Å². The van der Waals surface area contributed by atoms with Crippen LogP contribution in [-0.4, -0.2) is 28.9 Å². The van der Waals surface area contributed by atoms with Gasteiger partial charge in [-0.1, -0.05) is 6.42 Å². The molecule has 2 aliphatic rings. The number of hydrogen-bond donors (Lipinski definition) is 1. The highest BCUT2D eigenvalue weighted by Gasteiger charge is 2.36. The molecule has 3 nitrogen and oxygen atoms in total. The van der Waals surface area contributed by atoms with Crippen LogP contribution in [-0.2, 0) is 4.79 Å². The summed E-state index contributed by atoms with van der Waals surface area (Å²) in [5, 5.41) is 0. The van der Waals surface area contributed by atoms with Gasteiger partial charge in [0.15, 0.2) is 0 Å². The van der Waals surface area contributed by atoms with E-state index >= 15 is 0 Å². The molecule has 2 atom stereocenters. The second-order valence-electron chi connectivity index (χ2n) is 6.46. The Balaban J connectivity index is 1.88. The predicted molar refractivity (Wildman–Crippen MR) is 69.6 cm³/mol. The lowest BCUT2D eigenvalue weighted by atomic mass is 9.83. The fourth-order valence-electron chi connectivity index (χ4n) is 3.44. The van der Waals surface area contributed by atoms with Gasteiger partial charge in [-0.2, -0.15) is 0 Å². The molecule has 1 saturated heterocycles. The minimum Gasteiger partial charge on any atom is -0.338 e. The maximum Gasteiger partial charge on any atom is 0.223 e. The van der Waals surface area contributed by atoms with E-state index in [0.717, 1.165) is 38.6 Å². The summed E-state index contributed by atoms with van der Waals surface area (Å²) in [7, 11) is 0. The van der Waals surface area contributed by atoms with Gasteiger partial charge in [0, 0.05) is 24.5 Å². The van der Waals surface area contributed by atoms with Crippen molar-refractivity contribution in [1.82, 2.24) is 4.90 Å². The summed E-state index contributed by atoms with van der Waals surface area (Å²) < 4.78 is 0. The van der Waals surface area contributed by atoms with Crippen LogP contribution in [0.25, 0.3) is 0 Å². The van der Waals surface area contributed by atoms with Crippen LogP contribution >= 0.6 is 0 Å². The Morgan fingerprint density at radius 3 is 2.71 bits per heavy atom. The molecule has 1 amide bonds. The lowest BCUT2D eigenvalue weighted by molar-refractivity contribution is -0.135. The van der Waals surface area contributed by atoms with Crippen molar-refractivity contribution in [3.8, 4) is 0 Å². The number of carbonyl (C=O) groups is 1. The van der Waals surface area contributed by atoms with Crippen LogP contribution in [0.15, 0.2) is 0 Å². The van der Waals surface area contributed by atoms with Gasteiger partial charge in [0.25, 0.3) is 0 Å². The molecule has 17 heavy (non-hydrogen) atoms. The summed E-state index contributed by atoms with van der Waals surface area (Å²) in [6.07, 6.45) is 7.58. The zero-order valence-electron chi connectivity index (χ0n) is 11.2. The van der Waals surface area contributed by atoms with E-state index in [9.17, 15) is 4.79 Å². The Morgan fingerprint density at radius 1 is 1.35 bits per heavy atom. The summed E-state index contributed by atoms with van der Waals surface area (Å²) in [5.74, 6) is 0.884. The summed E-state index contributed by atoms with van der Waals surface area (Å²) >= 11 is 0. The standard InChI is InChI=1S/C14H26N2O/c1-14(2)7-4-8-16(14)13(17)10-11-5-3-6-12(15)9-11/h11-12H,3-10,15H2,1-2H3. The van der Waals surface area contributed by atoms with Gasteiger partial charge in [-0.05, 0) is 51.9 Å². The first-order chi connectivity index (χ1) is 7.99. The normalized spacial score (nSPS) is 32.8. The zero-order chi connectivity index (χ0) is 12.5. The average molecular weight is 238 g/mol. The SMILES string of the molecule is CC1(C)CCCN1C(=O)CC1CCCC(N)C1. The lowest BCUT2D eigenvalue weighted by Crippen LogP contribution is -2.43. The van der Waals surface area contributed by atoms with Crippen molar-refractivity contribution < 1.29 is 4.79 Å². The smallest absolute Gasteiger partial charge is 0.223 e. The quantitative estimate of drug-likeness (QED) is 0.802. The van der Waals surface area contributed by atoms with E-state index in [1.165, 1.54) is 12.8 Å². The van der Waals surface area contributed by atoms with Crippen molar-refractivity contribution in [1.29, 1.82) is 0 Å². The fourth-order valence-corrected chi connectivity index (χ4v) is 3.44. The average Bonchev–Trinajstić information content (AvgIpc) is 2.58. The molecule has 0 radical (unpaired) electrons. The van der Waals surface area contributed by atoms with Crippen LogP contribution in [0.2, 0.25) is 0 Å². The van der Waals surface area contributed by atoms with Crippen LogP contribution in [0, 0.1) is 5.92 Å². The third-order valence-corrected chi connectivity index (χ3v) is 4.49. The molecule has 0 spiro atoms. The molecule has 0 aromatic carbocycles. The summed E-state index contributed by atoms with van der Waals surface area (Å²) in [6, 6.07) is 0.327. The highest BCUT2D eigenvalue weighted by molar-refractivity contribution is 5.77. The van der Waals surface area contributed by atoms with Gasteiger partial charge in [-0.15, -0.1) is 0 Å². The van der Waals surface area contributed by atoms with Gasteiger partial charge in [0.2, 0.25) is 5.91 Å². The molecule has 2 fully saturated rings. The van der Waals surface area contributed by atoms with E-state index in [0.29, 0.717) is 17.9 Å². The Kier molecular flexibility index (Phi) is 3.76. The molecule has 0 aromatic rings. The number of rotatable bonds is 2. The fraction of sp³-hybridized carbons (Fsp3) is 0.929. The summed E-state index contributed by atoms with van der Waals surface area (Å²) in [6.45, 7) is 5.32. The van der Waals surface area contributed by atoms with Crippen LogP contribution < -0.4 is 5.73 Å². The highest BCUT2D eigenvalue weighted by atomic mass is 16.2. The van der Waals surface area contributed by atoms with Crippen molar-refractivity contribution in [2.75, 3.05) is 6.54 Å². The number of carbonyl (C=O) groups excluding carboxylic acids is 1. The lowest BCUT2D eigenvalue weighted by Gasteiger charge is -2.34. The predicted octanol–water partition coefficient (Wildman–Crippen LogP) is 2.29. The van der Waals surface area contributed by atoms with E-state index in [4.69, 9.17) is 5.73 Å². The Morgan fingerprint density at radius 2 is 2.12 bits per heavy atom. The molecule has 3 heteroatoms. The second-order valence-corrected chi connectivity index (χ2v) is 6.46. The van der Waals surface area contributed by atoms with Gasteiger partial charge in [0.1, 0.15) is 0 Å². The van der Waals surface area contributed by atoms with E-state index in [-0.39, 0.29) is 5.54 Å². The van der Waals surface area contributed by atoms with Gasteiger partial charge in [-0.25, -0.2) is 0 Å². The molecule has 2 unspecified atom stereocenters. The number of nitrogens with two attached hydrogens (primary N) is 1. The van der Waals surface area contributed by atoms with Crippen LogP contribution in [0.4, 0.5) is 0 Å². The molecular weight excluding hydrogens is 212 g/mol. The van der Waals surface area contributed by atoms with Crippen molar-refractivity contribution in [2.45, 2.75) is 70.4 Å². The van der Waals surface area contributed by atoms with E-state index in [1.54, 1.807) is 0 Å². The molecule has 1 saturated carbocycles. The molecule has 1 heterocycles. The molecule has 1 aliphatic heterocycles. The summed E-state index contributed by atoms with van der Waals surface area (Å²) in [4.78, 5) is 14.4. The van der Waals surface area contributed by atoms with E-state index in [2.05, 4.69) is 18.7 Å². The van der Waals surface area contributed by atoms with Crippen molar-refractivity contribution in [3.63, 3.8) is 0 Å². The molecule has 0 aromatic heterocycles. The minimum absolute atomic E-state index is 0.0772. The van der Waals surface area contributed by atoms with Gasteiger partial charge in [0.05, 0.1) is 0 Å². The first kappa shape index (κ1) is 12.9. The van der Waals surface area contributed by atoms with Crippen LogP contribution in [0.1, 0.15) is 58.8 Å². The van der Waals surface area contributed by atoms with Crippen molar-refractivity contribution in [3.05, 3.63) is 0 Å². The molecule has 1 aliphatic carbocycles. The molecule has 98 valence electrons. The van der Waals surface area contributed by atoms with Crippen LogP contribution in [0.5, 0.6) is 0 Å². The number of nitrogens with zero attached hydrogens (tertiary/aromatic N) is 1. The molecule has 0 bridgehead atoms. The second kappa shape index (κ2) is 4.97. The first-order valence-corrected chi connectivity index (χ1v) is 7.05. The maximum atomic E-state index is 12.3. The Bertz CT molecular complexity index is 288. The summed E-state index contributed by atoms with van der Waals surface area (Å²) in [5.41, 5.74) is 6.06. The topological polar surface area (TPSA) is 46.3 Å². The zero-order valence-corrected chi connectivity index (χ0v) is 11.2. The Labute approximate surface area is 105 Å². The van der Waals surface area contributed by atoms with E-state index < -0.39 is 0 Å². The highest BCUT2D eigenvalue weighted by Crippen LogP contribution is 2.32. The van der Waals surface area contributed by atoms with E-state index in [1.807, 2.05) is 0 Å². The van der Waals surface area contributed by atoms with Gasteiger partial charge < -0.3 is 10.6 Å². The third kappa shape index (κ3) is 3.01. The number of likely N-dealkylation sites (tertiary alicyclic amines) is 1. The molecule has 2 N–H and O–H groups in total. The monoisotopic (exact) mass is 238 g/mol. The Hall–Kier alpha value is -0.570. The maximum absolute atomic E-state index is 12.3. The van der Waals surface area contributed by atoms with Crippen molar-refractivity contribution in [2.24, 2.45) is 11.7 Å². The third-order valence-electron chi connectivity index (χ3n) is 4.49. The first-order valence-electron chi connectivity index (χ1n) is 7.05. The minimum atomic E-state index is 0.0772. The number of hydrogen-bond acceptors (Lipinski definition) is 2. The number of amides is 1. The van der Waals surface area contributed by atoms with Gasteiger partial charge >= 0.3 is 0 Å². The largest absolute Gasteiger partial charge is 0.338 e.